The maximum Gasteiger partial charge on any atom is 0.418 e. The van der Waals surface area contributed by atoms with E-state index in [0.29, 0.717) is 13.0 Å². The molecule has 0 radical (unpaired) electrons. The van der Waals surface area contributed by atoms with E-state index in [-0.39, 0.29) is 17.8 Å². The van der Waals surface area contributed by atoms with Crippen molar-refractivity contribution in [1.82, 2.24) is 0 Å². The molecule has 6 heteroatoms. The second-order valence-corrected chi connectivity index (χ2v) is 5.01. The highest BCUT2D eigenvalue weighted by Crippen LogP contribution is 2.39. The van der Waals surface area contributed by atoms with E-state index in [1.807, 2.05) is 0 Å². The molecule has 1 atom stereocenters. The van der Waals surface area contributed by atoms with Crippen LogP contribution in [0.3, 0.4) is 0 Å². The fraction of sp³-hybridized carbons (Fsp3) is 0.462. The van der Waals surface area contributed by atoms with Gasteiger partial charge in [-0.25, -0.2) is 0 Å². The van der Waals surface area contributed by atoms with Crippen molar-refractivity contribution in [2.24, 2.45) is 0 Å². The summed E-state index contributed by atoms with van der Waals surface area (Å²) in [6.07, 6.45) is -4.10. The van der Waals surface area contributed by atoms with Crippen LogP contribution in [0, 0.1) is 11.3 Å². The first-order valence-corrected chi connectivity index (χ1v) is 5.82. The zero-order valence-corrected chi connectivity index (χ0v) is 10.3. The minimum absolute atomic E-state index is 0.0178. The molecule has 1 aliphatic rings. The SMILES string of the molecule is CC1(O)CCN(c2ccc(C#N)cc2C(F)(F)F)C1. The summed E-state index contributed by atoms with van der Waals surface area (Å²) < 4.78 is 39.0. The van der Waals surface area contributed by atoms with Gasteiger partial charge in [0.1, 0.15) is 0 Å². The van der Waals surface area contributed by atoms with Crippen molar-refractivity contribution in [1.29, 1.82) is 5.26 Å². The quantitative estimate of drug-likeness (QED) is 0.853. The summed E-state index contributed by atoms with van der Waals surface area (Å²) >= 11 is 0. The molecule has 1 heterocycles. The Bertz CT molecular complexity index is 532. The molecule has 19 heavy (non-hydrogen) atoms. The van der Waals surface area contributed by atoms with E-state index >= 15 is 0 Å². The number of hydrogen-bond donors (Lipinski definition) is 1. The molecule has 1 aromatic carbocycles. The van der Waals surface area contributed by atoms with Gasteiger partial charge in [0.2, 0.25) is 0 Å². The number of halogens is 3. The smallest absolute Gasteiger partial charge is 0.388 e. The third-order valence-corrected chi connectivity index (χ3v) is 3.22. The van der Waals surface area contributed by atoms with Crippen molar-refractivity contribution in [2.45, 2.75) is 25.1 Å². The predicted molar refractivity (Wildman–Crippen MR) is 63.6 cm³/mol. The summed E-state index contributed by atoms with van der Waals surface area (Å²) in [7, 11) is 0. The maximum absolute atomic E-state index is 13.0. The molecule has 1 saturated heterocycles. The van der Waals surface area contributed by atoms with Gasteiger partial charge in [-0.05, 0) is 31.5 Å². The molecule has 3 nitrogen and oxygen atoms in total. The van der Waals surface area contributed by atoms with E-state index in [1.165, 1.54) is 17.0 Å². The first kappa shape index (κ1) is 13.7. The number of benzene rings is 1. The highest BCUT2D eigenvalue weighted by Gasteiger charge is 2.38. The number of nitriles is 1. The molecular formula is C13H13F3N2O. The van der Waals surface area contributed by atoms with Crippen molar-refractivity contribution in [2.75, 3.05) is 18.0 Å². The lowest BCUT2D eigenvalue weighted by Crippen LogP contribution is -2.30. The van der Waals surface area contributed by atoms with Crippen LogP contribution in [0.2, 0.25) is 0 Å². The second kappa shape index (κ2) is 4.42. The van der Waals surface area contributed by atoms with Crippen LogP contribution in [-0.4, -0.2) is 23.8 Å². The molecule has 1 aromatic rings. The molecule has 0 bridgehead atoms. The highest BCUT2D eigenvalue weighted by molar-refractivity contribution is 5.59. The summed E-state index contributed by atoms with van der Waals surface area (Å²) in [5.74, 6) is 0. The number of rotatable bonds is 1. The molecule has 1 unspecified atom stereocenters. The first-order valence-electron chi connectivity index (χ1n) is 5.82. The van der Waals surface area contributed by atoms with Gasteiger partial charge < -0.3 is 10.0 Å². The summed E-state index contributed by atoms with van der Waals surface area (Å²) in [6.45, 7) is 2.12. The Labute approximate surface area is 108 Å². The fourth-order valence-electron chi connectivity index (χ4n) is 2.26. The van der Waals surface area contributed by atoms with E-state index in [4.69, 9.17) is 5.26 Å². The molecule has 0 aliphatic carbocycles. The average molecular weight is 270 g/mol. The van der Waals surface area contributed by atoms with Gasteiger partial charge in [0.25, 0.3) is 0 Å². The number of β-amino-alcohol motifs (C(OH)–C–C–N with tert-alkyl or cyclic N) is 1. The minimum atomic E-state index is -4.52. The van der Waals surface area contributed by atoms with Crippen molar-refractivity contribution < 1.29 is 18.3 Å². The molecule has 1 aliphatic heterocycles. The van der Waals surface area contributed by atoms with Crippen LogP contribution in [0.15, 0.2) is 18.2 Å². The highest BCUT2D eigenvalue weighted by atomic mass is 19.4. The standard InChI is InChI=1S/C13H13F3N2O/c1-12(19)4-5-18(8-12)11-3-2-9(7-17)6-10(11)13(14,15)16/h2-3,6,19H,4-5,8H2,1H3. The fourth-order valence-corrected chi connectivity index (χ4v) is 2.26. The van der Waals surface area contributed by atoms with Crippen LogP contribution in [0.1, 0.15) is 24.5 Å². The topological polar surface area (TPSA) is 47.3 Å². The van der Waals surface area contributed by atoms with Gasteiger partial charge >= 0.3 is 6.18 Å². The Morgan fingerprint density at radius 1 is 1.42 bits per heavy atom. The summed E-state index contributed by atoms with van der Waals surface area (Å²) in [4.78, 5) is 1.50. The Kier molecular flexibility index (Phi) is 3.19. The number of hydrogen-bond acceptors (Lipinski definition) is 3. The number of aliphatic hydroxyl groups is 1. The van der Waals surface area contributed by atoms with Crippen LogP contribution >= 0.6 is 0 Å². The van der Waals surface area contributed by atoms with E-state index in [9.17, 15) is 18.3 Å². The van der Waals surface area contributed by atoms with E-state index in [2.05, 4.69) is 0 Å². The van der Waals surface area contributed by atoms with Gasteiger partial charge in [-0.3, -0.25) is 0 Å². The third-order valence-electron chi connectivity index (χ3n) is 3.22. The number of alkyl halides is 3. The van der Waals surface area contributed by atoms with Gasteiger partial charge in [-0.1, -0.05) is 0 Å². The van der Waals surface area contributed by atoms with Crippen molar-refractivity contribution in [3.63, 3.8) is 0 Å². The van der Waals surface area contributed by atoms with Crippen molar-refractivity contribution in [3.8, 4) is 6.07 Å². The van der Waals surface area contributed by atoms with Crippen LogP contribution in [0.25, 0.3) is 0 Å². The molecule has 1 N–H and O–H groups in total. The Morgan fingerprint density at radius 2 is 2.11 bits per heavy atom. The first-order chi connectivity index (χ1) is 8.73. The van der Waals surface area contributed by atoms with Gasteiger partial charge in [-0.15, -0.1) is 0 Å². The van der Waals surface area contributed by atoms with Gasteiger partial charge in [0, 0.05) is 18.8 Å². The normalized spacial score (nSPS) is 23.5. The average Bonchev–Trinajstić information content (AvgIpc) is 2.67. The van der Waals surface area contributed by atoms with Crippen molar-refractivity contribution >= 4 is 5.69 Å². The lowest BCUT2D eigenvalue weighted by molar-refractivity contribution is -0.137. The van der Waals surface area contributed by atoms with Crippen molar-refractivity contribution in [3.05, 3.63) is 29.3 Å². The Morgan fingerprint density at radius 3 is 2.58 bits per heavy atom. The molecule has 102 valence electrons. The number of anilines is 1. The molecular weight excluding hydrogens is 257 g/mol. The predicted octanol–water partition coefficient (Wildman–Crippen LogP) is 2.54. The lowest BCUT2D eigenvalue weighted by atomic mass is 10.1. The third kappa shape index (κ3) is 2.82. The zero-order valence-electron chi connectivity index (χ0n) is 10.3. The zero-order chi connectivity index (χ0) is 14.3. The van der Waals surface area contributed by atoms with Crippen LogP contribution in [-0.2, 0) is 6.18 Å². The molecule has 0 saturated carbocycles. The molecule has 0 amide bonds. The van der Waals surface area contributed by atoms with E-state index in [0.717, 1.165) is 6.07 Å². The van der Waals surface area contributed by atoms with Crippen LogP contribution in [0.5, 0.6) is 0 Å². The molecule has 0 spiro atoms. The molecule has 0 aromatic heterocycles. The largest absolute Gasteiger partial charge is 0.418 e. The van der Waals surface area contributed by atoms with Crippen LogP contribution < -0.4 is 4.90 Å². The van der Waals surface area contributed by atoms with E-state index < -0.39 is 17.3 Å². The summed E-state index contributed by atoms with van der Waals surface area (Å²) in [5.41, 5.74) is -1.81. The second-order valence-electron chi connectivity index (χ2n) is 5.01. The summed E-state index contributed by atoms with van der Waals surface area (Å²) in [6, 6.07) is 5.21. The van der Waals surface area contributed by atoms with Gasteiger partial charge in [0.05, 0.1) is 22.8 Å². The summed E-state index contributed by atoms with van der Waals surface area (Å²) in [5, 5.41) is 18.5. The van der Waals surface area contributed by atoms with Crippen LogP contribution in [0.4, 0.5) is 18.9 Å². The maximum atomic E-state index is 13.0. The Hall–Kier alpha value is -1.74. The van der Waals surface area contributed by atoms with E-state index in [1.54, 1.807) is 13.0 Å². The number of nitrogens with zero attached hydrogens (tertiary/aromatic N) is 2. The monoisotopic (exact) mass is 270 g/mol. The minimum Gasteiger partial charge on any atom is -0.388 e. The van der Waals surface area contributed by atoms with Gasteiger partial charge in [-0.2, -0.15) is 18.4 Å². The Balaban J connectivity index is 2.44. The van der Waals surface area contributed by atoms with Gasteiger partial charge in [0.15, 0.2) is 0 Å². The molecule has 2 rings (SSSR count). The molecule has 1 fully saturated rings. The lowest BCUT2D eigenvalue weighted by Gasteiger charge is -2.24.